The molecule has 0 aliphatic carbocycles. The number of pyridine rings is 1. The maximum atomic E-state index is 10.8. The van der Waals surface area contributed by atoms with E-state index in [4.69, 9.17) is 9.84 Å². The molecule has 0 fully saturated rings. The minimum absolute atomic E-state index is 0.177. The Balaban J connectivity index is 2.60. The number of carboxylic acids is 1. The third-order valence-electron chi connectivity index (χ3n) is 1.49. The highest BCUT2D eigenvalue weighted by molar-refractivity contribution is 8.00. The average Bonchev–Trinajstić information content (AvgIpc) is 2.18. The number of rotatable bonds is 5. The van der Waals surface area contributed by atoms with Gasteiger partial charge in [-0.15, -0.1) is 0 Å². The molecule has 1 unspecified atom stereocenters. The third-order valence-corrected chi connectivity index (χ3v) is 2.60. The topological polar surface area (TPSA) is 59.4 Å². The molecule has 0 saturated carbocycles. The van der Waals surface area contributed by atoms with Crippen LogP contribution in [0.3, 0.4) is 0 Å². The van der Waals surface area contributed by atoms with Gasteiger partial charge < -0.3 is 9.84 Å². The van der Waals surface area contributed by atoms with Crippen LogP contribution in [0, 0.1) is 0 Å². The first-order chi connectivity index (χ1) is 6.74. The number of methoxy groups -OCH3 is 1. The molecule has 1 rings (SSSR count). The summed E-state index contributed by atoms with van der Waals surface area (Å²) in [5, 5.41) is 8.93. The monoisotopic (exact) mass is 213 g/mol. The summed E-state index contributed by atoms with van der Waals surface area (Å²) < 4.78 is 4.81. The number of nitrogens with zero attached hydrogens (tertiary/aromatic N) is 1. The Labute approximate surface area is 86.3 Å². The van der Waals surface area contributed by atoms with Crippen LogP contribution in [0.1, 0.15) is 0 Å². The third kappa shape index (κ3) is 3.35. The number of carboxylic acid groups (broad SMARTS) is 1. The van der Waals surface area contributed by atoms with Crippen LogP contribution >= 0.6 is 11.8 Å². The van der Waals surface area contributed by atoms with Crippen molar-refractivity contribution in [2.45, 2.75) is 10.3 Å². The molecular formula is C9H11NO3S. The van der Waals surface area contributed by atoms with Gasteiger partial charge in [-0.25, -0.2) is 4.98 Å². The zero-order chi connectivity index (χ0) is 10.4. The lowest BCUT2D eigenvalue weighted by Gasteiger charge is -2.09. The largest absolute Gasteiger partial charge is 0.480 e. The Morgan fingerprint density at radius 2 is 2.50 bits per heavy atom. The van der Waals surface area contributed by atoms with E-state index in [2.05, 4.69) is 4.98 Å². The van der Waals surface area contributed by atoms with E-state index in [9.17, 15) is 4.79 Å². The number of aromatic nitrogens is 1. The second kappa shape index (κ2) is 5.62. The molecule has 1 atom stereocenters. The normalized spacial score (nSPS) is 12.4. The molecule has 0 amide bonds. The fraction of sp³-hybridized carbons (Fsp3) is 0.333. The molecule has 0 bridgehead atoms. The van der Waals surface area contributed by atoms with Gasteiger partial charge in [-0.05, 0) is 12.1 Å². The zero-order valence-electron chi connectivity index (χ0n) is 7.71. The highest BCUT2D eigenvalue weighted by atomic mass is 32.2. The minimum atomic E-state index is -0.887. The number of aliphatic carboxylic acids is 1. The van der Waals surface area contributed by atoms with Crippen LogP contribution in [0.5, 0.6) is 0 Å². The molecule has 5 heteroatoms. The molecular weight excluding hydrogens is 202 g/mol. The SMILES string of the molecule is COCC(Sc1ccccn1)C(=O)O. The second-order valence-corrected chi connectivity index (χ2v) is 3.79. The molecule has 0 aliphatic heterocycles. The molecule has 1 N–H and O–H groups in total. The van der Waals surface area contributed by atoms with Crippen LogP contribution in [0.4, 0.5) is 0 Å². The van der Waals surface area contributed by atoms with E-state index in [1.807, 2.05) is 6.07 Å². The minimum Gasteiger partial charge on any atom is -0.480 e. The second-order valence-electron chi connectivity index (χ2n) is 2.57. The first-order valence-electron chi connectivity index (χ1n) is 4.03. The van der Waals surface area contributed by atoms with Crippen molar-refractivity contribution in [3.8, 4) is 0 Å². The summed E-state index contributed by atoms with van der Waals surface area (Å²) >= 11 is 1.19. The van der Waals surface area contributed by atoms with Gasteiger partial charge in [-0.2, -0.15) is 0 Å². The maximum absolute atomic E-state index is 10.8. The number of thioether (sulfide) groups is 1. The van der Waals surface area contributed by atoms with Crippen LogP contribution in [-0.2, 0) is 9.53 Å². The maximum Gasteiger partial charge on any atom is 0.319 e. The lowest BCUT2D eigenvalue weighted by atomic mass is 10.4. The number of carbonyl (C=O) groups is 1. The van der Waals surface area contributed by atoms with Crippen molar-refractivity contribution in [1.29, 1.82) is 0 Å². The van der Waals surface area contributed by atoms with Gasteiger partial charge in [0, 0.05) is 13.3 Å². The van der Waals surface area contributed by atoms with Crippen molar-refractivity contribution in [2.75, 3.05) is 13.7 Å². The zero-order valence-corrected chi connectivity index (χ0v) is 8.53. The predicted molar refractivity (Wildman–Crippen MR) is 53.4 cm³/mol. The molecule has 1 aromatic heterocycles. The lowest BCUT2D eigenvalue weighted by molar-refractivity contribution is -0.137. The fourth-order valence-electron chi connectivity index (χ4n) is 0.870. The van der Waals surface area contributed by atoms with Crippen LogP contribution in [0.15, 0.2) is 29.4 Å². The molecule has 0 radical (unpaired) electrons. The summed E-state index contributed by atoms with van der Waals surface area (Å²) in [7, 11) is 1.48. The Bertz CT molecular complexity index is 291. The van der Waals surface area contributed by atoms with Crippen LogP contribution in [0.2, 0.25) is 0 Å². The van der Waals surface area contributed by atoms with Gasteiger partial charge in [-0.3, -0.25) is 4.79 Å². The molecule has 1 heterocycles. The van der Waals surface area contributed by atoms with Crippen molar-refractivity contribution < 1.29 is 14.6 Å². The van der Waals surface area contributed by atoms with Crippen LogP contribution in [0.25, 0.3) is 0 Å². The smallest absolute Gasteiger partial charge is 0.319 e. The predicted octanol–water partition coefficient (Wildman–Crippen LogP) is 1.27. The quantitative estimate of drug-likeness (QED) is 0.746. The van der Waals surface area contributed by atoms with Crippen molar-refractivity contribution in [2.24, 2.45) is 0 Å². The van der Waals surface area contributed by atoms with E-state index >= 15 is 0 Å². The summed E-state index contributed by atoms with van der Waals surface area (Å²) in [5.74, 6) is -0.887. The Hall–Kier alpha value is -1.07. The van der Waals surface area contributed by atoms with Gasteiger partial charge in [-0.1, -0.05) is 17.8 Å². The number of hydrogen-bond donors (Lipinski definition) is 1. The van der Waals surface area contributed by atoms with Gasteiger partial charge >= 0.3 is 5.97 Å². The fourth-order valence-corrected chi connectivity index (χ4v) is 1.74. The highest BCUT2D eigenvalue weighted by Crippen LogP contribution is 2.20. The lowest BCUT2D eigenvalue weighted by Crippen LogP contribution is -2.21. The average molecular weight is 213 g/mol. The van der Waals surface area contributed by atoms with E-state index in [1.165, 1.54) is 18.9 Å². The van der Waals surface area contributed by atoms with Gasteiger partial charge in [0.25, 0.3) is 0 Å². The van der Waals surface area contributed by atoms with E-state index in [-0.39, 0.29) is 6.61 Å². The molecule has 1 aromatic rings. The molecule has 0 aromatic carbocycles. The molecule has 76 valence electrons. The summed E-state index contributed by atoms with van der Waals surface area (Å²) in [6, 6.07) is 5.38. The molecule has 0 spiro atoms. The van der Waals surface area contributed by atoms with E-state index in [0.29, 0.717) is 5.03 Å². The van der Waals surface area contributed by atoms with Gasteiger partial charge in [0.1, 0.15) is 5.25 Å². The summed E-state index contributed by atoms with van der Waals surface area (Å²) in [6.07, 6.45) is 1.63. The molecule has 4 nitrogen and oxygen atoms in total. The Morgan fingerprint density at radius 3 is 3.00 bits per heavy atom. The van der Waals surface area contributed by atoms with Crippen molar-refractivity contribution in [3.63, 3.8) is 0 Å². The van der Waals surface area contributed by atoms with E-state index in [0.717, 1.165) is 0 Å². The van der Waals surface area contributed by atoms with E-state index in [1.54, 1.807) is 18.3 Å². The Kier molecular flexibility index (Phi) is 4.42. The first kappa shape index (κ1) is 11.0. The van der Waals surface area contributed by atoms with Crippen molar-refractivity contribution in [3.05, 3.63) is 24.4 Å². The van der Waals surface area contributed by atoms with E-state index < -0.39 is 11.2 Å². The molecule has 0 aliphatic rings. The van der Waals surface area contributed by atoms with Crippen LogP contribution < -0.4 is 0 Å². The molecule has 14 heavy (non-hydrogen) atoms. The van der Waals surface area contributed by atoms with Gasteiger partial charge in [0.05, 0.1) is 11.6 Å². The number of ether oxygens (including phenoxy) is 1. The van der Waals surface area contributed by atoms with Crippen molar-refractivity contribution in [1.82, 2.24) is 4.98 Å². The summed E-state index contributed by atoms with van der Waals surface area (Å²) in [4.78, 5) is 14.8. The van der Waals surface area contributed by atoms with Gasteiger partial charge in [0.15, 0.2) is 0 Å². The Morgan fingerprint density at radius 1 is 1.71 bits per heavy atom. The van der Waals surface area contributed by atoms with Gasteiger partial charge in [0.2, 0.25) is 0 Å². The summed E-state index contributed by atoms with van der Waals surface area (Å²) in [5.41, 5.74) is 0. The van der Waals surface area contributed by atoms with Crippen molar-refractivity contribution >= 4 is 17.7 Å². The first-order valence-corrected chi connectivity index (χ1v) is 4.91. The number of hydrogen-bond acceptors (Lipinski definition) is 4. The summed E-state index contributed by atoms with van der Waals surface area (Å²) in [6.45, 7) is 0.177. The molecule has 0 saturated heterocycles. The standard InChI is InChI=1S/C9H11NO3S/c1-13-6-7(9(11)12)14-8-4-2-3-5-10-8/h2-5,7H,6H2,1H3,(H,11,12). The van der Waals surface area contributed by atoms with Crippen LogP contribution in [-0.4, -0.2) is 35.0 Å². The highest BCUT2D eigenvalue weighted by Gasteiger charge is 2.18.